The topological polar surface area (TPSA) is 35.2 Å². The van der Waals surface area contributed by atoms with Gasteiger partial charge in [-0.1, -0.05) is 19.8 Å². The Labute approximate surface area is 75.5 Å². The van der Waals surface area contributed by atoms with Gasteiger partial charge >= 0.3 is 0 Å². The molecule has 1 aliphatic rings. The molecule has 0 aromatic heterocycles. The van der Waals surface area contributed by atoms with E-state index in [4.69, 9.17) is 10.5 Å². The minimum atomic E-state index is 0.404. The van der Waals surface area contributed by atoms with Crippen molar-refractivity contribution in [1.82, 2.24) is 0 Å². The van der Waals surface area contributed by atoms with Crippen LogP contribution in [0.2, 0.25) is 0 Å². The van der Waals surface area contributed by atoms with Crippen molar-refractivity contribution in [2.75, 3.05) is 6.61 Å². The van der Waals surface area contributed by atoms with Crippen LogP contribution in [0.1, 0.15) is 45.4 Å². The van der Waals surface area contributed by atoms with E-state index in [0.717, 1.165) is 19.4 Å². The zero-order valence-corrected chi connectivity index (χ0v) is 8.09. The van der Waals surface area contributed by atoms with Gasteiger partial charge in [-0.3, -0.25) is 0 Å². The monoisotopic (exact) mass is 171 g/mol. The Morgan fingerprint density at radius 3 is 2.75 bits per heavy atom. The summed E-state index contributed by atoms with van der Waals surface area (Å²) in [5.41, 5.74) is 5.78. The van der Waals surface area contributed by atoms with Gasteiger partial charge in [-0.05, 0) is 25.7 Å². The summed E-state index contributed by atoms with van der Waals surface area (Å²) in [5, 5.41) is 0. The Balaban J connectivity index is 1.93. The van der Waals surface area contributed by atoms with E-state index in [9.17, 15) is 0 Å². The average molecular weight is 171 g/mol. The highest BCUT2D eigenvalue weighted by atomic mass is 16.5. The maximum Gasteiger partial charge on any atom is 0.0590 e. The lowest BCUT2D eigenvalue weighted by molar-refractivity contribution is 0.0550. The second-order valence-electron chi connectivity index (χ2n) is 3.77. The second kappa shape index (κ2) is 5.55. The van der Waals surface area contributed by atoms with E-state index in [1.54, 1.807) is 0 Å². The summed E-state index contributed by atoms with van der Waals surface area (Å²) in [4.78, 5) is 0. The van der Waals surface area contributed by atoms with Gasteiger partial charge < -0.3 is 10.5 Å². The molecule has 2 atom stereocenters. The van der Waals surface area contributed by atoms with Crippen LogP contribution in [0.15, 0.2) is 0 Å². The molecular weight excluding hydrogens is 150 g/mol. The molecule has 1 saturated carbocycles. The third kappa shape index (κ3) is 3.55. The Morgan fingerprint density at radius 2 is 2.17 bits per heavy atom. The van der Waals surface area contributed by atoms with Gasteiger partial charge in [0.25, 0.3) is 0 Å². The highest BCUT2D eigenvalue weighted by Crippen LogP contribution is 2.20. The minimum absolute atomic E-state index is 0.404. The van der Waals surface area contributed by atoms with E-state index in [1.165, 1.54) is 25.7 Å². The summed E-state index contributed by atoms with van der Waals surface area (Å²) in [7, 11) is 0. The summed E-state index contributed by atoms with van der Waals surface area (Å²) < 4.78 is 5.70. The first-order valence-electron chi connectivity index (χ1n) is 5.20. The molecule has 0 unspecified atom stereocenters. The first kappa shape index (κ1) is 10.0. The van der Waals surface area contributed by atoms with Crippen LogP contribution in [0.25, 0.3) is 0 Å². The van der Waals surface area contributed by atoms with E-state index in [2.05, 4.69) is 6.92 Å². The summed E-state index contributed by atoms with van der Waals surface area (Å²) >= 11 is 0. The number of hydrogen-bond donors (Lipinski definition) is 1. The molecule has 2 heteroatoms. The fraction of sp³-hybridized carbons (Fsp3) is 1.00. The van der Waals surface area contributed by atoms with Crippen LogP contribution in [-0.2, 0) is 4.74 Å². The fourth-order valence-corrected chi connectivity index (χ4v) is 1.73. The van der Waals surface area contributed by atoms with Gasteiger partial charge in [-0.15, -0.1) is 0 Å². The predicted octanol–water partition coefficient (Wildman–Crippen LogP) is 2.07. The van der Waals surface area contributed by atoms with Crippen molar-refractivity contribution in [2.45, 2.75) is 57.6 Å². The van der Waals surface area contributed by atoms with Gasteiger partial charge in [0.2, 0.25) is 0 Å². The maximum absolute atomic E-state index is 5.78. The van der Waals surface area contributed by atoms with Crippen molar-refractivity contribution in [3.63, 3.8) is 0 Å². The van der Waals surface area contributed by atoms with Gasteiger partial charge in [0.05, 0.1) is 6.10 Å². The Morgan fingerprint density at radius 1 is 1.33 bits per heavy atom. The standard InChI is InChI=1S/C10H21NO/c1-2-3-4-7-12-10-6-5-9(11)8-10/h9-10H,2-8,11H2,1H3/t9-,10-/m1/s1. The SMILES string of the molecule is CCCCCO[C@@H]1CC[C@@H](N)C1. The smallest absolute Gasteiger partial charge is 0.0590 e. The van der Waals surface area contributed by atoms with Gasteiger partial charge in [0, 0.05) is 12.6 Å². The normalized spacial score (nSPS) is 29.5. The van der Waals surface area contributed by atoms with Crippen LogP contribution in [0, 0.1) is 0 Å². The lowest BCUT2D eigenvalue weighted by Gasteiger charge is -2.10. The molecule has 0 aromatic carbocycles. The Kier molecular flexibility index (Phi) is 4.62. The summed E-state index contributed by atoms with van der Waals surface area (Å²) in [6.45, 7) is 3.15. The molecule has 1 aliphatic carbocycles. The zero-order chi connectivity index (χ0) is 8.81. The van der Waals surface area contributed by atoms with Crippen LogP contribution < -0.4 is 5.73 Å². The van der Waals surface area contributed by atoms with E-state index in [-0.39, 0.29) is 0 Å². The molecule has 1 rings (SSSR count). The molecular formula is C10H21NO. The van der Waals surface area contributed by atoms with E-state index in [1.807, 2.05) is 0 Å². The zero-order valence-electron chi connectivity index (χ0n) is 8.09. The molecule has 2 N–H and O–H groups in total. The number of unbranched alkanes of at least 4 members (excludes halogenated alkanes) is 2. The van der Waals surface area contributed by atoms with Crippen LogP contribution in [0.3, 0.4) is 0 Å². The van der Waals surface area contributed by atoms with Crippen molar-refractivity contribution < 1.29 is 4.74 Å². The van der Waals surface area contributed by atoms with Crippen LogP contribution in [0.5, 0.6) is 0 Å². The average Bonchev–Trinajstić information content (AvgIpc) is 2.45. The quantitative estimate of drug-likeness (QED) is 0.643. The van der Waals surface area contributed by atoms with Crippen molar-refractivity contribution in [2.24, 2.45) is 5.73 Å². The largest absolute Gasteiger partial charge is 0.378 e. The van der Waals surface area contributed by atoms with Crippen molar-refractivity contribution >= 4 is 0 Å². The fourth-order valence-electron chi connectivity index (χ4n) is 1.73. The molecule has 12 heavy (non-hydrogen) atoms. The van der Waals surface area contributed by atoms with E-state index < -0.39 is 0 Å². The lowest BCUT2D eigenvalue weighted by atomic mass is 10.2. The van der Waals surface area contributed by atoms with Gasteiger partial charge in [-0.2, -0.15) is 0 Å². The molecule has 0 radical (unpaired) electrons. The molecule has 2 nitrogen and oxygen atoms in total. The van der Waals surface area contributed by atoms with Crippen molar-refractivity contribution in [3.8, 4) is 0 Å². The van der Waals surface area contributed by atoms with Crippen LogP contribution in [0.4, 0.5) is 0 Å². The third-order valence-electron chi connectivity index (χ3n) is 2.53. The van der Waals surface area contributed by atoms with E-state index in [0.29, 0.717) is 12.1 Å². The van der Waals surface area contributed by atoms with Crippen LogP contribution in [-0.4, -0.2) is 18.8 Å². The molecule has 0 saturated heterocycles. The number of nitrogens with two attached hydrogens (primary N) is 1. The maximum atomic E-state index is 5.78. The molecule has 0 heterocycles. The number of hydrogen-bond acceptors (Lipinski definition) is 2. The summed E-state index contributed by atoms with van der Waals surface area (Å²) in [6, 6.07) is 0.404. The highest BCUT2D eigenvalue weighted by Gasteiger charge is 2.21. The molecule has 72 valence electrons. The predicted molar refractivity (Wildman–Crippen MR) is 51.1 cm³/mol. The molecule has 0 aromatic rings. The lowest BCUT2D eigenvalue weighted by Crippen LogP contribution is -2.17. The molecule has 0 spiro atoms. The molecule has 0 aliphatic heterocycles. The minimum Gasteiger partial charge on any atom is -0.378 e. The third-order valence-corrected chi connectivity index (χ3v) is 2.53. The van der Waals surface area contributed by atoms with Crippen LogP contribution >= 0.6 is 0 Å². The Hall–Kier alpha value is -0.0800. The first-order chi connectivity index (χ1) is 5.83. The van der Waals surface area contributed by atoms with Crippen molar-refractivity contribution in [1.29, 1.82) is 0 Å². The van der Waals surface area contributed by atoms with E-state index >= 15 is 0 Å². The summed E-state index contributed by atoms with van der Waals surface area (Å²) in [6.07, 6.45) is 7.64. The van der Waals surface area contributed by atoms with Gasteiger partial charge in [0.1, 0.15) is 0 Å². The van der Waals surface area contributed by atoms with Gasteiger partial charge in [-0.25, -0.2) is 0 Å². The molecule has 0 bridgehead atoms. The number of ether oxygens (including phenoxy) is 1. The highest BCUT2D eigenvalue weighted by molar-refractivity contribution is 4.77. The van der Waals surface area contributed by atoms with Crippen molar-refractivity contribution in [3.05, 3.63) is 0 Å². The second-order valence-corrected chi connectivity index (χ2v) is 3.77. The molecule has 0 amide bonds. The molecule has 1 fully saturated rings. The first-order valence-corrected chi connectivity index (χ1v) is 5.20. The summed E-state index contributed by atoms with van der Waals surface area (Å²) in [5.74, 6) is 0. The van der Waals surface area contributed by atoms with Gasteiger partial charge in [0.15, 0.2) is 0 Å². The number of rotatable bonds is 5. The Bertz CT molecular complexity index is 116.